The molecule has 2 heterocycles. The Bertz CT molecular complexity index is 1180. The highest BCUT2D eigenvalue weighted by Gasteiger charge is 2.38. The third-order valence-corrected chi connectivity index (χ3v) is 7.26. The summed E-state index contributed by atoms with van der Waals surface area (Å²) in [5.74, 6) is 0.200. The average molecular weight is 456 g/mol. The molecule has 0 spiro atoms. The molecule has 1 aliphatic carbocycles. The lowest BCUT2D eigenvalue weighted by molar-refractivity contribution is -0.141. The van der Waals surface area contributed by atoms with Crippen molar-refractivity contribution in [3.05, 3.63) is 83.7 Å². The molecule has 1 aromatic heterocycles. The van der Waals surface area contributed by atoms with Crippen molar-refractivity contribution in [3.8, 4) is 5.69 Å². The van der Waals surface area contributed by atoms with Gasteiger partial charge in [-0.3, -0.25) is 14.5 Å². The summed E-state index contributed by atoms with van der Waals surface area (Å²) in [6.07, 6.45) is 6.97. The van der Waals surface area contributed by atoms with E-state index in [1.54, 1.807) is 0 Å². The first-order valence-electron chi connectivity index (χ1n) is 12.5. The van der Waals surface area contributed by atoms with Crippen LogP contribution in [0.15, 0.2) is 66.9 Å². The van der Waals surface area contributed by atoms with Gasteiger partial charge in [0.25, 0.3) is 0 Å². The van der Waals surface area contributed by atoms with Gasteiger partial charge in [0, 0.05) is 18.7 Å². The summed E-state index contributed by atoms with van der Waals surface area (Å²) in [4.78, 5) is 31.0. The molecular formula is C29H33N3O2. The molecule has 1 unspecified atom stereocenters. The van der Waals surface area contributed by atoms with E-state index in [0.29, 0.717) is 6.54 Å². The van der Waals surface area contributed by atoms with E-state index in [-0.39, 0.29) is 30.3 Å². The maximum absolute atomic E-state index is 14.1. The fourth-order valence-electron chi connectivity index (χ4n) is 5.10. The van der Waals surface area contributed by atoms with E-state index in [0.717, 1.165) is 54.7 Å². The number of benzene rings is 2. The Morgan fingerprint density at radius 2 is 1.71 bits per heavy atom. The van der Waals surface area contributed by atoms with Crippen LogP contribution in [-0.4, -0.2) is 34.4 Å². The Hall–Kier alpha value is -3.34. The number of rotatable bonds is 7. The van der Waals surface area contributed by atoms with Gasteiger partial charge in [-0.05, 0) is 56.0 Å². The number of nitrogens with zero attached hydrogens (tertiary/aromatic N) is 3. The van der Waals surface area contributed by atoms with Gasteiger partial charge in [0.15, 0.2) is 0 Å². The quantitative estimate of drug-likeness (QED) is 0.462. The molecule has 5 rings (SSSR count). The van der Waals surface area contributed by atoms with Crippen LogP contribution in [0.25, 0.3) is 5.69 Å². The number of amides is 2. The van der Waals surface area contributed by atoms with Gasteiger partial charge < -0.3 is 9.47 Å². The topological polar surface area (TPSA) is 45.6 Å². The summed E-state index contributed by atoms with van der Waals surface area (Å²) >= 11 is 0. The third-order valence-electron chi connectivity index (χ3n) is 7.26. The second-order valence-corrected chi connectivity index (χ2v) is 9.61. The molecule has 1 atom stereocenters. The van der Waals surface area contributed by atoms with Crippen molar-refractivity contribution in [2.75, 3.05) is 18.0 Å². The molecule has 0 radical (unpaired) electrons. The smallest absolute Gasteiger partial charge is 0.247 e. The molecule has 2 amide bonds. The van der Waals surface area contributed by atoms with Crippen molar-refractivity contribution < 1.29 is 9.59 Å². The minimum Gasteiger partial charge on any atom is -0.333 e. The van der Waals surface area contributed by atoms with Crippen molar-refractivity contribution >= 4 is 17.5 Å². The van der Waals surface area contributed by atoms with Crippen LogP contribution in [0.4, 0.5) is 5.69 Å². The maximum Gasteiger partial charge on any atom is 0.247 e. The molecule has 2 aromatic carbocycles. The number of unbranched alkanes of at least 4 members (excludes halogenated alkanes) is 1. The SMILES string of the molecule is CCCCN(CC(=O)N1c2ccccc2-n2cccc2C1c1ccc(C)cc1)C(=O)C1CCC1. The Labute approximate surface area is 202 Å². The van der Waals surface area contributed by atoms with Gasteiger partial charge in [0.1, 0.15) is 12.6 Å². The van der Waals surface area contributed by atoms with Gasteiger partial charge in [-0.1, -0.05) is 61.7 Å². The van der Waals surface area contributed by atoms with Crippen LogP contribution in [0, 0.1) is 12.8 Å². The number of hydrogen-bond acceptors (Lipinski definition) is 2. The van der Waals surface area contributed by atoms with E-state index in [2.05, 4.69) is 61.0 Å². The zero-order chi connectivity index (χ0) is 23.7. The van der Waals surface area contributed by atoms with E-state index < -0.39 is 0 Å². The Morgan fingerprint density at radius 3 is 2.38 bits per heavy atom. The normalized spacial score (nSPS) is 17.0. The first-order valence-corrected chi connectivity index (χ1v) is 12.5. The molecular weight excluding hydrogens is 422 g/mol. The lowest BCUT2D eigenvalue weighted by Gasteiger charge is -2.40. The first kappa shape index (κ1) is 22.5. The van der Waals surface area contributed by atoms with Crippen molar-refractivity contribution in [2.24, 2.45) is 5.92 Å². The highest BCUT2D eigenvalue weighted by Crippen LogP contribution is 2.42. The molecule has 34 heavy (non-hydrogen) atoms. The van der Waals surface area contributed by atoms with Crippen LogP contribution in [0.1, 0.15) is 61.9 Å². The van der Waals surface area contributed by atoms with Gasteiger partial charge in [0.2, 0.25) is 11.8 Å². The molecule has 0 saturated heterocycles. The fourth-order valence-corrected chi connectivity index (χ4v) is 5.10. The molecule has 3 aromatic rings. The van der Waals surface area contributed by atoms with Crippen molar-refractivity contribution in [3.63, 3.8) is 0 Å². The largest absolute Gasteiger partial charge is 0.333 e. The standard InChI is InChI=1S/C29H33N3O2/c1-3-4-18-30(29(34)23-9-7-10-23)20-27(33)32-25-12-6-5-11-24(25)31-19-8-13-26(31)28(32)22-16-14-21(2)15-17-22/h5-6,8,11-17,19,23,28H,3-4,7,9-10,18,20H2,1-2H3. The Morgan fingerprint density at radius 1 is 0.971 bits per heavy atom. The second kappa shape index (κ2) is 9.49. The highest BCUT2D eigenvalue weighted by atomic mass is 16.2. The van der Waals surface area contributed by atoms with Gasteiger partial charge in [-0.25, -0.2) is 0 Å². The summed E-state index contributed by atoms with van der Waals surface area (Å²) in [7, 11) is 0. The van der Waals surface area contributed by atoms with Crippen LogP contribution >= 0.6 is 0 Å². The van der Waals surface area contributed by atoms with Crippen LogP contribution in [0.3, 0.4) is 0 Å². The second-order valence-electron chi connectivity index (χ2n) is 9.61. The molecule has 1 saturated carbocycles. The number of carbonyl (C=O) groups is 2. The molecule has 1 fully saturated rings. The number of carbonyl (C=O) groups excluding carboxylic acids is 2. The molecule has 2 aliphatic rings. The van der Waals surface area contributed by atoms with Gasteiger partial charge in [-0.15, -0.1) is 0 Å². The van der Waals surface area contributed by atoms with Crippen LogP contribution in [0.5, 0.6) is 0 Å². The van der Waals surface area contributed by atoms with Crippen LogP contribution in [-0.2, 0) is 9.59 Å². The molecule has 5 nitrogen and oxygen atoms in total. The summed E-state index contributed by atoms with van der Waals surface area (Å²) in [6.45, 7) is 4.95. The van der Waals surface area contributed by atoms with Crippen LogP contribution < -0.4 is 4.90 Å². The summed E-state index contributed by atoms with van der Waals surface area (Å²) in [6, 6.07) is 20.4. The lowest BCUT2D eigenvalue weighted by Crippen LogP contribution is -2.48. The third kappa shape index (κ3) is 4.04. The number of aromatic nitrogens is 1. The van der Waals surface area contributed by atoms with Crippen molar-refractivity contribution in [2.45, 2.75) is 52.0 Å². The number of hydrogen-bond donors (Lipinski definition) is 0. The lowest BCUT2D eigenvalue weighted by atomic mass is 9.84. The number of aryl methyl sites for hydroxylation is 1. The average Bonchev–Trinajstić information content (AvgIpc) is 3.30. The predicted octanol–water partition coefficient (Wildman–Crippen LogP) is 5.65. The minimum atomic E-state index is -0.246. The highest BCUT2D eigenvalue weighted by molar-refractivity contribution is 6.00. The first-order chi connectivity index (χ1) is 16.6. The maximum atomic E-state index is 14.1. The molecule has 0 N–H and O–H groups in total. The minimum absolute atomic E-state index is 0.0331. The zero-order valence-corrected chi connectivity index (χ0v) is 20.1. The number of fused-ring (bicyclic) bond motifs is 3. The molecule has 5 heteroatoms. The van der Waals surface area contributed by atoms with E-state index in [9.17, 15) is 9.59 Å². The summed E-state index contributed by atoms with van der Waals surface area (Å²) in [5, 5.41) is 0. The van der Waals surface area contributed by atoms with E-state index in [1.165, 1.54) is 5.56 Å². The van der Waals surface area contributed by atoms with Crippen molar-refractivity contribution in [1.82, 2.24) is 9.47 Å². The monoisotopic (exact) mass is 455 g/mol. The summed E-state index contributed by atoms with van der Waals surface area (Å²) in [5.41, 5.74) is 5.18. The van der Waals surface area contributed by atoms with Gasteiger partial charge in [-0.2, -0.15) is 0 Å². The fraction of sp³-hybridized carbons (Fsp3) is 0.379. The van der Waals surface area contributed by atoms with Gasteiger partial charge >= 0.3 is 0 Å². The summed E-state index contributed by atoms with van der Waals surface area (Å²) < 4.78 is 2.18. The zero-order valence-electron chi connectivity index (χ0n) is 20.1. The number of para-hydroxylation sites is 2. The molecule has 1 aliphatic heterocycles. The van der Waals surface area contributed by atoms with Crippen molar-refractivity contribution in [1.29, 1.82) is 0 Å². The Kier molecular flexibility index (Phi) is 6.27. The number of anilines is 1. The van der Waals surface area contributed by atoms with E-state index in [1.807, 2.05) is 34.1 Å². The van der Waals surface area contributed by atoms with Gasteiger partial charge in [0.05, 0.1) is 17.1 Å². The molecule has 176 valence electrons. The Balaban J connectivity index is 1.54. The van der Waals surface area contributed by atoms with E-state index >= 15 is 0 Å². The molecule has 0 bridgehead atoms. The predicted molar refractivity (Wildman–Crippen MR) is 135 cm³/mol. The van der Waals surface area contributed by atoms with E-state index in [4.69, 9.17) is 0 Å². The van der Waals surface area contributed by atoms with Crippen LogP contribution in [0.2, 0.25) is 0 Å².